The van der Waals surface area contributed by atoms with E-state index in [1.165, 1.54) is 12.1 Å². The normalized spacial score (nSPS) is 19.3. The van der Waals surface area contributed by atoms with Gasteiger partial charge in [0.05, 0.1) is 11.5 Å². The maximum atomic E-state index is 12.4. The van der Waals surface area contributed by atoms with Crippen LogP contribution in [0, 0.1) is 5.92 Å². The van der Waals surface area contributed by atoms with Gasteiger partial charge in [0, 0.05) is 6.54 Å². The van der Waals surface area contributed by atoms with Crippen LogP contribution < -0.4 is 14.8 Å². The van der Waals surface area contributed by atoms with Crippen molar-refractivity contribution in [1.29, 1.82) is 0 Å². The van der Waals surface area contributed by atoms with E-state index in [0.29, 0.717) is 31.2 Å². The molecule has 1 heterocycles. The smallest absolute Gasteiger partial charge is 0.241 e. The summed E-state index contributed by atoms with van der Waals surface area (Å²) in [5.74, 6) is 0.765. The second-order valence-corrected chi connectivity index (χ2v) is 7.85. The van der Waals surface area contributed by atoms with Crippen molar-refractivity contribution in [3.63, 3.8) is 0 Å². The highest BCUT2D eigenvalue weighted by Gasteiger charge is 2.26. The Balaban J connectivity index is 2.05. The molecule has 23 heavy (non-hydrogen) atoms. The molecule has 1 fully saturated rings. The summed E-state index contributed by atoms with van der Waals surface area (Å²) in [4.78, 5) is 12.0. The SMILES string of the molecule is CC(C)COc1ccc(S(=O)(=O)N[C@@H]2CCCCNC2=O)cc1. The van der Waals surface area contributed by atoms with E-state index in [0.717, 1.165) is 12.8 Å². The molecule has 1 aliphatic rings. The van der Waals surface area contributed by atoms with Crippen molar-refractivity contribution in [1.82, 2.24) is 10.0 Å². The van der Waals surface area contributed by atoms with Gasteiger partial charge in [-0.25, -0.2) is 8.42 Å². The van der Waals surface area contributed by atoms with Gasteiger partial charge in [-0.15, -0.1) is 0 Å². The molecule has 2 rings (SSSR count). The van der Waals surface area contributed by atoms with Gasteiger partial charge in [0.1, 0.15) is 11.8 Å². The fraction of sp³-hybridized carbons (Fsp3) is 0.562. The van der Waals surface area contributed by atoms with Crippen molar-refractivity contribution >= 4 is 15.9 Å². The van der Waals surface area contributed by atoms with Crippen molar-refractivity contribution in [2.45, 2.75) is 44.0 Å². The third kappa shape index (κ3) is 5.21. The highest BCUT2D eigenvalue weighted by Crippen LogP contribution is 2.18. The minimum Gasteiger partial charge on any atom is -0.493 e. The molecule has 1 aromatic carbocycles. The summed E-state index contributed by atoms with van der Waals surface area (Å²) in [6.07, 6.45) is 2.19. The molecule has 1 aliphatic heterocycles. The van der Waals surface area contributed by atoms with Crippen molar-refractivity contribution in [2.24, 2.45) is 5.92 Å². The first-order chi connectivity index (χ1) is 10.9. The number of carbonyl (C=O) groups is 1. The Kier molecular flexibility index (Phi) is 6.01. The Bertz CT molecular complexity index is 626. The average molecular weight is 340 g/mol. The first-order valence-corrected chi connectivity index (χ1v) is 9.40. The molecule has 0 aliphatic carbocycles. The van der Waals surface area contributed by atoms with Crippen LogP contribution in [-0.2, 0) is 14.8 Å². The second-order valence-electron chi connectivity index (χ2n) is 6.14. The van der Waals surface area contributed by atoms with Gasteiger partial charge in [-0.1, -0.05) is 13.8 Å². The Hall–Kier alpha value is -1.60. The van der Waals surface area contributed by atoms with Crippen LogP contribution >= 0.6 is 0 Å². The molecule has 7 heteroatoms. The zero-order chi connectivity index (χ0) is 16.9. The lowest BCUT2D eigenvalue weighted by Crippen LogP contribution is -2.45. The van der Waals surface area contributed by atoms with Crippen molar-refractivity contribution in [3.8, 4) is 5.75 Å². The number of nitrogens with one attached hydrogen (secondary N) is 2. The van der Waals surface area contributed by atoms with E-state index in [-0.39, 0.29) is 10.8 Å². The zero-order valence-corrected chi connectivity index (χ0v) is 14.4. The number of carbonyl (C=O) groups excluding carboxylic acids is 1. The monoisotopic (exact) mass is 340 g/mol. The lowest BCUT2D eigenvalue weighted by Gasteiger charge is -2.15. The van der Waals surface area contributed by atoms with Crippen molar-refractivity contribution in [3.05, 3.63) is 24.3 Å². The van der Waals surface area contributed by atoms with Gasteiger partial charge in [0.2, 0.25) is 15.9 Å². The number of ether oxygens (including phenoxy) is 1. The van der Waals surface area contributed by atoms with Crippen LogP contribution in [0.4, 0.5) is 0 Å². The standard InChI is InChI=1S/C16H24N2O4S/c1-12(2)11-22-13-6-8-14(9-7-13)23(20,21)18-15-5-3-4-10-17-16(15)19/h6-9,12,15,18H,3-5,10-11H2,1-2H3,(H,17,19)/t15-/m1/s1. The fourth-order valence-corrected chi connectivity index (χ4v) is 3.51. The maximum Gasteiger partial charge on any atom is 0.241 e. The van der Waals surface area contributed by atoms with Crippen LogP contribution in [0.1, 0.15) is 33.1 Å². The van der Waals surface area contributed by atoms with E-state index in [2.05, 4.69) is 10.0 Å². The van der Waals surface area contributed by atoms with Gasteiger partial charge in [-0.2, -0.15) is 4.72 Å². The van der Waals surface area contributed by atoms with E-state index in [4.69, 9.17) is 4.74 Å². The fourth-order valence-electron chi connectivity index (χ4n) is 2.29. The summed E-state index contributed by atoms with van der Waals surface area (Å²) in [6.45, 7) is 5.26. The summed E-state index contributed by atoms with van der Waals surface area (Å²) in [6, 6.07) is 5.53. The molecule has 1 amide bonds. The lowest BCUT2D eigenvalue weighted by atomic mass is 10.1. The Morgan fingerprint density at radius 2 is 1.96 bits per heavy atom. The van der Waals surface area contributed by atoms with E-state index in [1.807, 2.05) is 13.8 Å². The summed E-state index contributed by atoms with van der Waals surface area (Å²) in [5, 5.41) is 2.72. The number of amides is 1. The van der Waals surface area contributed by atoms with E-state index in [1.54, 1.807) is 12.1 Å². The molecular weight excluding hydrogens is 316 g/mol. The molecule has 0 aromatic heterocycles. The maximum absolute atomic E-state index is 12.4. The first kappa shape index (κ1) is 17.7. The first-order valence-electron chi connectivity index (χ1n) is 7.91. The highest BCUT2D eigenvalue weighted by molar-refractivity contribution is 7.89. The molecule has 0 saturated carbocycles. The third-order valence-corrected chi connectivity index (χ3v) is 5.04. The molecular formula is C16H24N2O4S. The molecule has 0 radical (unpaired) electrons. The van der Waals surface area contributed by atoms with Crippen LogP contribution in [-0.4, -0.2) is 33.5 Å². The zero-order valence-electron chi connectivity index (χ0n) is 13.5. The van der Waals surface area contributed by atoms with Gasteiger partial charge >= 0.3 is 0 Å². The lowest BCUT2D eigenvalue weighted by molar-refractivity contribution is -0.122. The summed E-state index contributed by atoms with van der Waals surface area (Å²) >= 11 is 0. The minimum atomic E-state index is -3.72. The number of hydrogen-bond donors (Lipinski definition) is 2. The number of hydrogen-bond acceptors (Lipinski definition) is 4. The predicted octanol–water partition coefficient (Wildman–Crippen LogP) is 1.67. The summed E-state index contributed by atoms with van der Waals surface area (Å²) in [5.41, 5.74) is 0. The van der Waals surface area contributed by atoms with Gasteiger partial charge in [-0.05, 0) is 49.4 Å². The van der Waals surface area contributed by atoms with Gasteiger partial charge in [0.25, 0.3) is 0 Å². The second kappa shape index (κ2) is 7.79. The molecule has 1 atom stereocenters. The number of rotatable bonds is 6. The third-order valence-electron chi connectivity index (χ3n) is 3.55. The van der Waals surface area contributed by atoms with Gasteiger partial charge in [-0.3, -0.25) is 4.79 Å². The molecule has 1 saturated heterocycles. The Labute approximate surface area is 137 Å². The Morgan fingerprint density at radius 1 is 1.26 bits per heavy atom. The minimum absolute atomic E-state index is 0.131. The van der Waals surface area contributed by atoms with Crippen LogP contribution in [0.5, 0.6) is 5.75 Å². The molecule has 2 N–H and O–H groups in total. The number of sulfonamides is 1. The van der Waals surface area contributed by atoms with Crippen LogP contribution in [0.3, 0.4) is 0 Å². The van der Waals surface area contributed by atoms with E-state index in [9.17, 15) is 13.2 Å². The van der Waals surface area contributed by atoms with E-state index >= 15 is 0 Å². The quantitative estimate of drug-likeness (QED) is 0.825. The molecule has 128 valence electrons. The highest BCUT2D eigenvalue weighted by atomic mass is 32.2. The van der Waals surface area contributed by atoms with Crippen LogP contribution in [0.15, 0.2) is 29.2 Å². The van der Waals surface area contributed by atoms with Crippen LogP contribution in [0.2, 0.25) is 0 Å². The topological polar surface area (TPSA) is 84.5 Å². The summed E-state index contributed by atoms with van der Waals surface area (Å²) < 4.78 is 32.8. The van der Waals surface area contributed by atoms with Gasteiger partial charge < -0.3 is 10.1 Å². The Morgan fingerprint density at radius 3 is 2.61 bits per heavy atom. The molecule has 0 unspecified atom stereocenters. The number of benzene rings is 1. The molecule has 1 aromatic rings. The summed E-state index contributed by atoms with van der Waals surface area (Å²) in [7, 11) is -3.72. The van der Waals surface area contributed by atoms with Crippen molar-refractivity contribution in [2.75, 3.05) is 13.2 Å². The van der Waals surface area contributed by atoms with E-state index < -0.39 is 16.1 Å². The average Bonchev–Trinajstić information content (AvgIpc) is 2.70. The van der Waals surface area contributed by atoms with Crippen LogP contribution in [0.25, 0.3) is 0 Å². The molecule has 0 bridgehead atoms. The molecule has 0 spiro atoms. The predicted molar refractivity (Wildman–Crippen MR) is 87.7 cm³/mol. The van der Waals surface area contributed by atoms with Crippen molar-refractivity contribution < 1.29 is 17.9 Å². The van der Waals surface area contributed by atoms with Gasteiger partial charge in [0.15, 0.2) is 0 Å². The molecule has 6 nitrogen and oxygen atoms in total. The largest absolute Gasteiger partial charge is 0.493 e.